The molecule has 0 spiro atoms. The molecule has 1 N–H and O–H groups in total. The first-order chi connectivity index (χ1) is 12.5. The number of nitrogens with zero attached hydrogens (tertiary/aromatic N) is 1. The van der Waals surface area contributed by atoms with Crippen molar-refractivity contribution in [2.24, 2.45) is 5.92 Å². The van der Waals surface area contributed by atoms with Crippen LogP contribution >= 0.6 is 0 Å². The van der Waals surface area contributed by atoms with E-state index in [0.29, 0.717) is 38.0 Å². The van der Waals surface area contributed by atoms with Gasteiger partial charge in [0.05, 0.1) is 0 Å². The first-order valence-electron chi connectivity index (χ1n) is 8.91. The number of likely N-dealkylation sites (tertiary alicyclic amines) is 1. The van der Waals surface area contributed by atoms with Crippen LogP contribution in [0.5, 0.6) is 0 Å². The molecule has 5 heteroatoms. The van der Waals surface area contributed by atoms with E-state index in [1.165, 1.54) is 12.1 Å². The lowest BCUT2D eigenvalue weighted by molar-refractivity contribution is -0.126. The van der Waals surface area contributed by atoms with Gasteiger partial charge in [0.25, 0.3) is 5.91 Å². The maximum Gasteiger partial charge on any atom is 0.254 e. The van der Waals surface area contributed by atoms with Crippen LogP contribution in [0.1, 0.15) is 34.3 Å². The Morgan fingerprint density at radius 1 is 1.12 bits per heavy atom. The lowest BCUT2D eigenvalue weighted by Gasteiger charge is -2.31. The third-order valence-corrected chi connectivity index (χ3v) is 4.89. The lowest BCUT2D eigenvalue weighted by Crippen LogP contribution is -2.43. The normalized spacial score (nSPS) is 14.9. The van der Waals surface area contributed by atoms with Crippen molar-refractivity contribution in [2.75, 3.05) is 13.1 Å². The van der Waals surface area contributed by atoms with Gasteiger partial charge >= 0.3 is 0 Å². The minimum absolute atomic E-state index is 0.0305. The average molecular weight is 354 g/mol. The van der Waals surface area contributed by atoms with E-state index in [9.17, 15) is 14.0 Å². The average Bonchev–Trinajstić information content (AvgIpc) is 2.68. The number of halogens is 1. The number of carbonyl (C=O) groups excluding carboxylic acids is 2. The van der Waals surface area contributed by atoms with Gasteiger partial charge < -0.3 is 10.2 Å². The van der Waals surface area contributed by atoms with Crippen LogP contribution in [0.15, 0.2) is 48.5 Å². The van der Waals surface area contributed by atoms with Crippen molar-refractivity contribution >= 4 is 11.8 Å². The molecule has 1 saturated heterocycles. The molecular weight excluding hydrogens is 331 g/mol. The Kier molecular flexibility index (Phi) is 5.66. The standard InChI is InChI=1S/C21H23FN2O2/c1-15-7-8-18(22)13-19(15)21(26)24-11-9-17(10-12-24)20(25)23-14-16-5-3-2-4-6-16/h2-8,13,17H,9-12,14H2,1H3,(H,23,25). The number of hydrogen-bond acceptors (Lipinski definition) is 2. The Morgan fingerprint density at radius 2 is 1.81 bits per heavy atom. The predicted molar refractivity (Wildman–Crippen MR) is 98.1 cm³/mol. The molecule has 0 aromatic heterocycles. The molecule has 0 aliphatic carbocycles. The van der Waals surface area contributed by atoms with Crippen molar-refractivity contribution in [1.29, 1.82) is 0 Å². The topological polar surface area (TPSA) is 49.4 Å². The molecule has 1 fully saturated rings. The van der Waals surface area contributed by atoms with Gasteiger partial charge in [0.1, 0.15) is 5.82 Å². The van der Waals surface area contributed by atoms with Crippen LogP contribution in [-0.2, 0) is 11.3 Å². The van der Waals surface area contributed by atoms with E-state index in [2.05, 4.69) is 5.32 Å². The fourth-order valence-electron chi connectivity index (χ4n) is 3.27. The molecule has 0 radical (unpaired) electrons. The van der Waals surface area contributed by atoms with E-state index in [1.54, 1.807) is 17.9 Å². The number of aryl methyl sites for hydroxylation is 1. The molecular formula is C21H23FN2O2. The summed E-state index contributed by atoms with van der Waals surface area (Å²) in [4.78, 5) is 26.7. The molecule has 26 heavy (non-hydrogen) atoms. The van der Waals surface area contributed by atoms with Crippen molar-refractivity contribution in [3.05, 3.63) is 71.0 Å². The molecule has 3 rings (SSSR count). The van der Waals surface area contributed by atoms with Gasteiger partial charge in [-0.3, -0.25) is 9.59 Å². The van der Waals surface area contributed by atoms with E-state index in [0.717, 1.165) is 11.1 Å². The largest absolute Gasteiger partial charge is 0.352 e. The fourth-order valence-corrected chi connectivity index (χ4v) is 3.27. The van der Waals surface area contributed by atoms with Crippen molar-refractivity contribution in [2.45, 2.75) is 26.3 Å². The van der Waals surface area contributed by atoms with Crippen LogP contribution in [-0.4, -0.2) is 29.8 Å². The molecule has 2 aromatic carbocycles. The second-order valence-electron chi connectivity index (χ2n) is 6.73. The monoisotopic (exact) mass is 354 g/mol. The molecule has 1 aliphatic heterocycles. The fraction of sp³-hybridized carbons (Fsp3) is 0.333. The molecule has 0 saturated carbocycles. The van der Waals surface area contributed by atoms with Crippen LogP contribution in [0.4, 0.5) is 4.39 Å². The first kappa shape index (κ1) is 18.1. The van der Waals surface area contributed by atoms with Crippen LogP contribution in [0.2, 0.25) is 0 Å². The third kappa shape index (κ3) is 4.28. The highest BCUT2D eigenvalue weighted by Crippen LogP contribution is 2.21. The van der Waals surface area contributed by atoms with Crippen LogP contribution < -0.4 is 5.32 Å². The summed E-state index contributed by atoms with van der Waals surface area (Å²) in [6, 6.07) is 14.0. The summed E-state index contributed by atoms with van der Waals surface area (Å²) in [6.07, 6.45) is 1.25. The van der Waals surface area contributed by atoms with E-state index in [1.807, 2.05) is 30.3 Å². The van der Waals surface area contributed by atoms with Crippen molar-refractivity contribution in [1.82, 2.24) is 10.2 Å². The summed E-state index contributed by atoms with van der Waals surface area (Å²) in [5.74, 6) is -0.626. The Hall–Kier alpha value is -2.69. The Bertz CT molecular complexity index is 784. The summed E-state index contributed by atoms with van der Waals surface area (Å²) >= 11 is 0. The smallest absolute Gasteiger partial charge is 0.254 e. The number of benzene rings is 2. The minimum atomic E-state index is -0.408. The summed E-state index contributed by atoms with van der Waals surface area (Å²) in [5, 5.41) is 2.97. The van der Waals surface area contributed by atoms with Gasteiger partial charge in [-0.15, -0.1) is 0 Å². The molecule has 2 aromatic rings. The van der Waals surface area contributed by atoms with Gasteiger partial charge in [-0.2, -0.15) is 0 Å². The highest BCUT2D eigenvalue weighted by Gasteiger charge is 2.28. The molecule has 4 nitrogen and oxygen atoms in total. The second kappa shape index (κ2) is 8.13. The molecule has 1 aliphatic rings. The Labute approximate surface area is 153 Å². The molecule has 0 unspecified atom stereocenters. The molecule has 2 amide bonds. The van der Waals surface area contributed by atoms with Gasteiger partial charge in [0, 0.05) is 31.1 Å². The van der Waals surface area contributed by atoms with Gasteiger partial charge in [-0.25, -0.2) is 4.39 Å². The summed E-state index contributed by atoms with van der Waals surface area (Å²) < 4.78 is 13.4. The Morgan fingerprint density at radius 3 is 2.50 bits per heavy atom. The van der Waals surface area contributed by atoms with Crippen LogP contribution in [0, 0.1) is 18.7 Å². The van der Waals surface area contributed by atoms with Crippen molar-refractivity contribution in [3.63, 3.8) is 0 Å². The first-order valence-corrected chi connectivity index (χ1v) is 8.91. The highest BCUT2D eigenvalue weighted by molar-refractivity contribution is 5.95. The van der Waals surface area contributed by atoms with Crippen molar-refractivity contribution < 1.29 is 14.0 Å². The molecule has 136 valence electrons. The number of rotatable bonds is 4. The maximum atomic E-state index is 13.4. The quantitative estimate of drug-likeness (QED) is 0.916. The van der Waals surface area contributed by atoms with Gasteiger partial charge in [-0.05, 0) is 43.0 Å². The van der Waals surface area contributed by atoms with E-state index >= 15 is 0 Å². The molecule has 1 heterocycles. The van der Waals surface area contributed by atoms with Crippen molar-refractivity contribution in [3.8, 4) is 0 Å². The maximum absolute atomic E-state index is 13.4. The zero-order valence-corrected chi connectivity index (χ0v) is 14.9. The summed E-state index contributed by atoms with van der Waals surface area (Å²) in [6.45, 7) is 3.34. The van der Waals surface area contributed by atoms with Gasteiger partial charge in [-0.1, -0.05) is 36.4 Å². The van der Waals surface area contributed by atoms with Crippen LogP contribution in [0.25, 0.3) is 0 Å². The number of hydrogen-bond donors (Lipinski definition) is 1. The predicted octanol–water partition coefficient (Wildman–Crippen LogP) is 3.30. The highest BCUT2D eigenvalue weighted by atomic mass is 19.1. The summed E-state index contributed by atoms with van der Waals surface area (Å²) in [7, 11) is 0. The number of amides is 2. The summed E-state index contributed by atoms with van der Waals surface area (Å²) in [5.41, 5.74) is 2.23. The minimum Gasteiger partial charge on any atom is -0.352 e. The third-order valence-electron chi connectivity index (χ3n) is 4.89. The second-order valence-corrected chi connectivity index (χ2v) is 6.73. The zero-order chi connectivity index (χ0) is 18.5. The van der Waals surface area contributed by atoms with E-state index in [4.69, 9.17) is 0 Å². The SMILES string of the molecule is Cc1ccc(F)cc1C(=O)N1CCC(C(=O)NCc2ccccc2)CC1. The number of nitrogens with one attached hydrogen (secondary N) is 1. The zero-order valence-electron chi connectivity index (χ0n) is 14.9. The molecule has 0 atom stereocenters. The van der Waals surface area contributed by atoms with Crippen LogP contribution in [0.3, 0.4) is 0 Å². The molecule has 0 bridgehead atoms. The van der Waals surface area contributed by atoms with E-state index < -0.39 is 5.82 Å². The number of piperidine rings is 1. The van der Waals surface area contributed by atoms with E-state index in [-0.39, 0.29) is 17.7 Å². The lowest BCUT2D eigenvalue weighted by atomic mass is 9.95. The van der Waals surface area contributed by atoms with Gasteiger partial charge in [0.2, 0.25) is 5.91 Å². The van der Waals surface area contributed by atoms with Gasteiger partial charge in [0.15, 0.2) is 0 Å². The Balaban J connectivity index is 1.53. The number of carbonyl (C=O) groups is 2.